The summed E-state index contributed by atoms with van der Waals surface area (Å²) < 4.78 is 15.6. The molecule has 1 aliphatic heterocycles. The zero-order valence-electron chi connectivity index (χ0n) is 14.4. The van der Waals surface area contributed by atoms with Gasteiger partial charge in [-0.1, -0.05) is 0 Å². The zero-order valence-corrected chi connectivity index (χ0v) is 14.4. The lowest BCUT2D eigenvalue weighted by atomic mass is 10.1. The molecular formula is C20H14FN5O. The van der Waals surface area contributed by atoms with Crippen molar-refractivity contribution < 1.29 is 9.18 Å². The van der Waals surface area contributed by atoms with E-state index in [9.17, 15) is 9.18 Å². The van der Waals surface area contributed by atoms with Gasteiger partial charge in [-0.2, -0.15) is 4.39 Å². The fraction of sp³-hybridized carbons (Fsp3) is 0.100. The highest BCUT2D eigenvalue weighted by atomic mass is 19.1. The number of aromatic nitrogens is 4. The van der Waals surface area contributed by atoms with Gasteiger partial charge in [0.1, 0.15) is 11.3 Å². The van der Waals surface area contributed by atoms with E-state index in [1.54, 1.807) is 6.07 Å². The number of anilines is 1. The predicted molar refractivity (Wildman–Crippen MR) is 99.1 cm³/mol. The van der Waals surface area contributed by atoms with Gasteiger partial charge >= 0.3 is 0 Å². The lowest BCUT2D eigenvalue weighted by molar-refractivity contribution is -0.115. The Balaban J connectivity index is 1.80. The van der Waals surface area contributed by atoms with Crippen molar-refractivity contribution in [3.05, 3.63) is 65.9 Å². The monoisotopic (exact) mass is 359 g/mol. The third-order valence-electron chi connectivity index (χ3n) is 4.60. The second-order valence-electron chi connectivity index (χ2n) is 6.50. The number of imidazole rings is 1. The fourth-order valence-electron chi connectivity index (χ4n) is 3.39. The molecule has 0 saturated carbocycles. The van der Waals surface area contributed by atoms with E-state index < -0.39 is 5.95 Å². The second-order valence-corrected chi connectivity index (χ2v) is 6.50. The Hall–Kier alpha value is -3.61. The molecule has 7 heteroatoms. The molecular weight excluding hydrogens is 345 g/mol. The summed E-state index contributed by atoms with van der Waals surface area (Å²) in [6.45, 7) is 1.91. The summed E-state index contributed by atoms with van der Waals surface area (Å²) in [4.78, 5) is 24.6. The quantitative estimate of drug-likeness (QED) is 0.557. The minimum atomic E-state index is -0.570. The van der Waals surface area contributed by atoms with Crippen molar-refractivity contribution in [1.82, 2.24) is 19.5 Å². The Morgan fingerprint density at radius 2 is 2.00 bits per heavy atom. The molecule has 4 heterocycles. The van der Waals surface area contributed by atoms with Gasteiger partial charge in [0.15, 0.2) is 5.65 Å². The number of nitrogens with zero attached hydrogens (tertiary/aromatic N) is 4. The van der Waals surface area contributed by atoms with Crippen LogP contribution >= 0.6 is 0 Å². The van der Waals surface area contributed by atoms with Gasteiger partial charge in [-0.05, 0) is 48.9 Å². The van der Waals surface area contributed by atoms with Crippen LogP contribution < -0.4 is 5.32 Å². The molecule has 6 nitrogen and oxygen atoms in total. The molecule has 0 radical (unpaired) electrons. The van der Waals surface area contributed by atoms with Crippen LogP contribution in [0.1, 0.15) is 11.3 Å². The highest BCUT2D eigenvalue weighted by molar-refractivity contribution is 5.99. The summed E-state index contributed by atoms with van der Waals surface area (Å²) in [5.41, 5.74) is 5.40. The van der Waals surface area contributed by atoms with Gasteiger partial charge in [0.25, 0.3) is 0 Å². The molecule has 1 amide bonds. The minimum absolute atomic E-state index is 0.0250. The fourth-order valence-corrected chi connectivity index (χ4v) is 3.39. The number of aryl methyl sites for hydroxylation is 1. The van der Waals surface area contributed by atoms with Crippen LogP contribution in [0.25, 0.3) is 28.2 Å². The lowest BCUT2D eigenvalue weighted by Gasteiger charge is -2.11. The van der Waals surface area contributed by atoms with E-state index in [1.807, 2.05) is 41.8 Å². The molecule has 4 aromatic rings. The van der Waals surface area contributed by atoms with Gasteiger partial charge < -0.3 is 5.32 Å². The number of fused-ring (bicyclic) bond motifs is 2. The molecule has 27 heavy (non-hydrogen) atoms. The van der Waals surface area contributed by atoms with Crippen LogP contribution in [0.2, 0.25) is 0 Å². The van der Waals surface area contributed by atoms with Gasteiger partial charge in [-0.15, -0.1) is 0 Å². The van der Waals surface area contributed by atoms with Crippen LogP contribution in [0, 0.1) is 12.9 Å². The number of carbonyl (C=O) groups excluding carboxylic acids is 1. The first kappa shape index (κ1) is 15.6. The van der Waals surface area contributed by atoms with Gasteiger partial charge in [-0.3, -0.25) is 9.36 Å². The zero-order chi connectivity index (χ0) is 18.5. The number of halogens is 1. The topological polar surface area (TPSA) is 72.7 Å². The normalized spacial score (nSPS) is 13.0. The van der Waals surface area contributed by atoms with Crippen LogP contribution in [-0.4, -0.2) is 25.4 Å². The molecule has 0 saturated heterocycles. The number of nitrogens with one attached hydrogen (secondary N) is 1. The summed E-state index contributed by atoms with van der Waals surface area (Å²) in [6.07, 6.45) is 1.75. The third-order valence-corrected chi connectivity index (χ3v) is 4.60. The maximum absolute atomic E-state index is 13.7. The summed E-state index contributed by atoms with van der Waals surface area (Å²) in [5.74, 6) is -0.0244. The Labute approximate surface area is 153 Å². The number of carbonyl (C=O) groups is 1. The third kappa shape index (κ3) is 2.55. The van der Waals surface area contributed by atoms with Crippen LogP contribution in [-0.2, 0) is 11.2 Å². The molecule has 0 aliphatic carbocycles. The van der Waals surface area contributed by atoms with Gasteiger partial charge in [0, 0.05) is 34.9 Å². The van der Waals surface area contributed by atoms with Crippen molar-refractivity contribution in [3.8, 4) is 17.1 Å². The minimum Gasteiger partial charge on any atom is -0.326 e. The standard InChI is InChI=1S/C20H14FN5O/c1-11-2-4-16-20(23-11)26(19(25-16)12-6-7-22-17(21)9-12)14-3-5-15-13(8-14)10-18(27)24-15/h2-9H,10H2,1H3,(H,24,27). The first-order valence-corrected chi connectivity index (χ1v) is 8.50. The van der Waals surface area contributed by atoms with E-state index in [-0.39, 0.29) is 5.91 Å². The number of hydrogen-bond donors (Lipinski definition) is 1. The smallest absolute Gasteiger partial charge is 0.228 e. The Kier molecular flexibility index (Phi) is 3.30. The Morgan fingerprint density at radius 3 is 2.85 bits per heavy atom. The SMILES string of the molecule is Cc1ccc2nc(-c3ccnc(F)c3)n(-c3ccc4c(c3)CC(=O)N4)c2n1. The first-order valence-electron chi connectivity index (χ1n) is 8.50. The molecule has 0 atom stereocenters. The molecule has 0 spiro atoms. The van der Waals surface area contributed by atoms with Gasteiger partial charge in [-0.25, -0.2) is 15.0 Å². The number of pyridine rings is 2. The Morgan fingerprint density at radius 1 is 1.11 bits per heavy atom. The van der Waals surface area contributed by atoms with E-state index in [0.29, 0.717) is 29.0 Å². The van der Waals surface area contributed by atoms with Crippen LogP contribution in [0.4, 0.5) is 10.1 Å². The second kappa shape index (κ2) is 5.70. The summed E-state index contributed by atoms with van der Waals surface area (Å²) in [5, 5.41) is 2.83. The number of rotatable bonds is 2. The van der Waals surface area contributed by atoms with Gasteiger partial charge in [0.05, 0.1) is 6.42 Å². The largest absolute Gasteiger partial charge is 0.326 e. The number of amides is 1. The maximum Gasteiger partial charge on any atom is 0.228 e. The van der Waals surface area contributed by atoms with E-state index >= 15 is 0 Å². The number of hydrogen-bond acceptors (Lipinski definition) is 4. The van der Waals surface area contributed by atoms with Crippen molar-refractivity contribution >= 4 is 22.8 Å². The van der Waals surface area contributed by atoms with Crippen molar-refractivity contribution in [3.63, 3.8) is 0 Å². The predicted octanol–water partition coefficient (Wildman–Crippen LogP) is 3.42. The molecule has 0 unspecified atom stereocenters. The van der Waals surface area contributed by atoms with E-state index in [4.69, 9.17) is 0 Å². The maximum atomic E-state index is 13.7. The molecule has 1 N–H and O–H groups in total. The van der Waals surface area contributed by atoms with Crippen LogP contribution in [0.3, 0.4) is 0 Å². The molecule has 0 fully saturated rings. The molecule has 3 aromatic heterocycles. The first-order chi connectivity index (χ1) is 13.1. The highest BCUT2D eigenvalue weighted by Crippen LogP contribution is 2.31. The van der Waals surface area contributed by atoms with E-state index in [2.05, 4.69) is 20.3 Å². The van der Waals surface area contributed by atoms with Crippen LogP contribution in [0.15, 0.2) is 48.7 Å². The van der Waals surface area contributed by atoms with Crippen molar-refractivity contribution in [2.75, 3.05) is 5.32 Å². The molecule has 132 valence electrons. The number of benzene rings is 1. The molecule has 1 aliphatic rings. The highest BCUT2D eigenvalue weighted by Gasteiger charge is 2.21. The average Bonchev–Trinajstić information content (AvgIpc) is 3.20. The summed E-state index contributed by atoms with van der Waals surface area (Å²) in [6, 6.07) is 12.6. The molecule has 0 bridgehead atoms. The van der Waals surface area contributed by atoms with E-state index in [0.717, 1.165) is 22.6 Å². The summed E-state index contributed by atoms with van der Waals surface area (Å²) in [7, 11) is 0. The lowest BCUT2D eigenvalue weighted by Crippen LogP contribution is -2.03. The molecule has 1 aromatic carbocycles. The van der Waals surface area contributed by atoms with E-state index in [1.165, 1.54) is 12.3 Å². The molecule has 5 rings (SSSR count). The summed E-state index contributed by atoms with van der Waals surface area (Å²) >= 11 is 0. The average molecular weight is 359 g/mol. The Bertz CT molecular complexity index is 1230. The van der Waals surface area contributed by atoms with Crippen molar-refractivity contribution in [2.24, 2.45) is 0 Å². The van der Waals surface area contributed by atoms with Crippen molar-refractivity contribution in [2.45, 2.75) is 13.3 Å². The van der Waals surface area contributed by atoms with Crippen molar-refractivity contribution in [1.29, 1.82) is 0 Å². The van der Waals surface area contributed by atoms with Crippen LogP contribution in [0.5, 0.6) is 0 Å². The van der Waals surface area contributed by atoms with Gasteiger partial charge in [0.2, 0.25) is 11.9 Å².